The molecule has 0 spiro atoms. The van der Waals surface area contributed by atoms with E-state index in [1.807, 2.05) is 41.3 Å². The number of carbonyl (C=O) groups is 1. The van der Waals surface area contributed by atoms with Crippen LogP contribution in [0.15, 0.2) is 53.2 Å². The van der Waals surface area contributed by atoms with E-state index in [2.05, 4.69) is 4.98 Å². The van der Waals surface area contributed by atoms with Crippen molar-refractivity contribution in [2.24, 2.45) is 0 Å². The van der Waals surface area contributed by atoms with Crippen molar-refractivity contribution in [3.05, 3.63) is 65.5 Å². The third-order valence-electron chi connectivity index (χ3n) is 7.68. The second-order valence-corrected chi connectivity index (χ2v) is 10.3. The normalized spacial score (nSPS) is 18.1. The van der Waals surface area contributed by atoms with E-state index in [0.717, 1.165) is 11.1 Å². The molecule has 3 heterocycles. The molecule has 0 aliphatic carbocycles. The number of aliphatic hydroxyl groups is 1. The summed E-state index contributed by atoms with van der Waals surface area (Å²) in [5.41, 5.74) is 1.54. The highest BCUT2D eigenvalue weighted by Crippen LogP contribution is 2.40. The summed E-state index contributed by atoms with van der Waals surface area (Å²) in [6.07, 6.45) is 2.47. The molecular weight excluding hydrogens is 570 g/mol. The number of methoxy groups -OCH3 is 4. The van der Waals surface area contributed by atoms with Gasteiger partial charge in [-0.05, 0) is 31.2 Å². The lowest BCUT2D eigenvalue weighted by Crippen LogP contribution is -2.43. The molecule has 2 aromatic carbocycles. The van der Waals surface area contributed by atoms with Gasteiger partial charge in [0.25, 0.3) is 6.01 Å². The Morgan fingerprint density at radius 3 is 2.18 bits per heavy atom. The van der Waals surface area contributed by atoms with Crippen molar-refractivity contribution in [3.63, 3.8) is 0 Å². The fraction of sp³-hybridized carbons (Fsp3) is 0.406. The van der Waals surface area contributed by atoms with Gasteiger partial charge in [0.2, 0.25) is 0 Å². The topological polar surface area (TPSA) is 135 Å². The molecule has 0 bridgehead atoms. The van der Waals surface area contributed by atoms with E-state index in [4.69, 9.17) is 37.8 Å². The van der Waals surface area contributed by atoms with Crippen LogP contribution >= 0.6 is 0 Å². The number of fused-ring (bicyclic) bond motifs is 1. The van der Waals surface area contributed by atoms with Crippen LogP contribution < -0.4 is 23.8 Å². The maximum absolute atomic E-state index is 12.5. The Morgan fingerprint density at radius 2 is 1.61 bits per heavy atom. The standard InChI is InChI=1S/C32H37N3O9/c1-6-42-30(36)28-15-32(37,11-12-43-28)24-16-33-17-25-29(24)44-31(34-25)35(18-20-7-9-22(38-2)13-26(20)40-4)19-21-8-10-23(39-3)14-27(21)41-5/h7-10,13-14,16-17,28,37H,6,11-12,15,18-19H2,1-5H3. The molecule has 12 nitrogen and oxygen atoms in total. The van der Waals surface area contributed by atoms with Crippen molar-refractivity contribution >= 4 is 23.1 Å². The van der Waals surface area contributed by atoms with E-state index in [9.17, 15) is 9.90 Å². The first kappa shape index (κ1) is 30.9. The molecule has 0 saturated carbocycles. The molecule has 2 unspecified atom stereocenters. The number of nitrogens with zero attached hydrogens (tertiary/aromatic N) is 3. The molecule has 234 valence electrons. The van der Waals surface area contributed by atoms with Crippen LogP contribution in [0.25, 0.3) is 11.1 Å². The van der Waals surface area contributed by atoms with Gasteiger partial charge >= 0.3 is 5.97 Å². The zero-order chi connectivity index (χ0) is 31.3. The third kappa shape index (κ3) is 6.36. The summed E-state index contributed by atoms with van der Waals surface area (Å²) in [5.74, 6) is 2.08. The van der Waals surface area contributed by atoms with Gasteiger partial charge in [-0.15, -0.1) is 0 Å². The Labute approximate surface area is 255 Å². The molecule has 2 atom stereocenters. The molecule has 4 aromatic rings. The summed E-state index contributed by atoms with van der Waals surface area (Å²) in [4.78, 5) is 23.5. The second-order valence-electron chi connectivity index (χ2n) is 10.3. The lowest BCUT2D eigenvalue weighted by Gasteiger charge is -2.35. The Morgan fingerprint density at radius 1 is 0.977 bits per heavy atom. The maximum Gasteiger partial charge on any atom is 0.335 e. The fourth-order valence-corrected chi connectivity index (χ4v) is 5.34. The first-order valence-electron chi connectivity index (χ1n) is 14.2. The Kier molecular flexibility index (Phi) is 9.40. The van der Waals surface area contributed by atoms with Crippen LogP contribution in [-0.2, 0) is 33.0 Å². The number of hydrogen-bond donors (Lipinski definition) is 1. The van der Waals surface area contributed by atoms with Crippen LogP contribution in [0.3, 0.4) is 0 Å². The quantitative estimate of drug-likeness (QED) is 0.229. The molecule has 1 N–H and O–H groups in total. The molecule has 1 aliphatic heterocycles. The van der Waals surface area contributed by atoms with E-state index in [1.54, 1.807) is 47.8 Å². The van der Waals surface area contributed by atoms with Gasteiger partial charge in [-0.3, -0.25) is 4.98 Å². The number of oxazole rings is 1. The Hall–Kier alpha value is -4.55. The number of rotatable bonds is 12. The largest absolute Gasteiger partial charge is 0.497 e. The molecule has 44 heavy (non-hydrogen) atoms. The number of hydrogen-bond acceptors (Lipinski definition) is 12. The van der Waals surface area contributed by atoms with E-state index in [1.165, 1.54) is 0 Å². The van der Waals surface area contributed by atoms with Crippen LogP contribution in [0.5, 0.6) is 23.0 Å². The molecule has 1 aliphatic rings. The van der Waals surface area contributed by atoms with Gasteiger partial charge in [0.05, 0.1) is 60.9 Å². The highest BCUT2D eigenvalue weighted by Gasteiger charge is 2.42. The van der Waals surface area contributed by atoms with Gasteiger partial charge in [0.1, 0.15) is 34.1 Å². The van der Waals surface area contributed by atoms with Crippen molar-refractivity contribution in [1.82, 2.24) is 9.97 Å². The van der Waals surface area contributed by atoms with Crippen molar-refractivity contribution in [3.8, 4) is 23.0 Å². The molecular formula is C32H37N3O9. The summed E-state index contributed by atoms with van der Waals surface area (Å²) >= 11 is 0. The summed E-state index contributed by atoms with van der Waals surface area (Å²) in [7, 11) is 6.40. The first-order chi connectivity index (χ1) is 21.3. The Bertz CT molecular complexity index is 1550. The molecule has 0 radical (unpaired) electrons. The van der Waals surface area contributed by atoms with Crippen LogP contribution in [0, 0.1) is 0 Å². The number of carbonyl (C=O) groups excluding carboxylic acids is 1. The van der Waals surface area contributed by atoms with Gasteiger partial charge in [0, 0.05) is 47.9 Å². The van der Waals surface area contributed by atoms with Gasteiger partial charge in [-0.1, -0.05) is 0 Å². The minimum absolute atomic E-state index is 0.00152. The Balaban J connectivity index is 1.56. The fourth-order valence-electron chi connectivity index (χ4n) is 5.34. The number of anilines is 1. The predicted octanol–water partition coefficient (Wildman–Crippen LogP) is 4.39. The highest BCUT2D eigenvalue weighted by molar-refractivity contribution is 5.79. The molecule has 2 aromatic heterocycles. The van der Waals surface area contributed by atoms with Crippen LogP contribution in [0.2, 0.25) is 0 Å². The number of pyridine rings is 1. The van der Waals surface area contributed by atoms with E-state index < -0.39 is 17.7 Å². The minimum Gasteiger partial charge on any atom is -0.497 e. The number of esters is 1. The minimum atomic E-state index is -1.44. The number of benzene rings is 2. The number of ether oxygens (including phenoxy) is 6. The van der Waals surface area contributed by atoms with Crippen molar-refractivity contribution < 1.29 is 42.7 Å². The highest BCUT2D eigenvalue weighted by atomic mass is 16.6. The second kappa shape index (κ2) is 13.4. The molecule has 1 fully saturated rings. The van der Waals surface area contributed by atoms with E-state index in [0.29, 0.717) is 58.8 Å². The van der Waals surface area contributed by atoms with Gasteiger partial charge in [-0.25, -0.2) is 4.79 Å². The average molecular weight is 608 g/mol. The molecule has 0 amide bonds. The summed E-state index contributed by atoms with van der Waals surface area (Å²) < 4.78 is 39.3. The maximum atomic E-state index is 12.5. The van der Waals surface area contributed by atoms with E-state index in [-0.39, 0.29) is 26.1 Å². The summed E-state index contributed by atoms with van der Waals surface area (Å²) in [6, 6.07) is 11.5. The van der Waals surface area contributed by atoms with Gasteiger partial charge in [-0.2, -0.15) is 4.98 Å². The average Bonchev–Trinajstić information content (AvgIpc) is 3.49. The number of aromatic nitrogens is 2. The SMILES string of the molecule is CCOC(=O)C1CC(O)(c2cncc3nc(N(Cc4ccc(OC)cc4OC)Cc4ccc(OC)cc4OC)oc23)CCO1. The third-order valence-corrected chi connectivity index (χ3v) is 7.68. The predicted molar refractivity (Wildman–Crippen MR) is 160 cm³/mol. The van der Waals surface area contributed by atoms with Crippen molar-refractivity contribution in [2.45, 2.75) is 44.6 Å². The zero-order valence-electron chi connectivity index (χ0n) is 25.5. The van der Waals surface area contributed by atoms with Crippen LogP contribution in [0.4, 0.5) is 6.01 Å². The smallest absolute Gasteiger partial charge is 0.335 e. The molecule has 5 rings (SSSR count). The zero-order valence-corrected chi connectivity index (χ0v) is 25.5. The van der Waals surface area contributed by atoms with E-state index >= 15 is 0 Å². The summed E-state index contributed by atoms with van der Waals surface area (Å²) in [5, 5.41) is 11.8. The van der Waals surface area contributed by atoms with Crippen molar-refractivity contribution in [2.75, 3.05) is 46.6 Å². The first-order valence-corrected chi connectivity index (χ1v) is 14.2. The van der Waals surface area contributed by atoms with Crippen LogP contribution in [-0.4, -0.2) is 68.8 Å². The van der Waals surface area contributed by atoms with Crippen LogP contribution in [0.1, 0.15) is 36.5 Å². The molecule has 1 saturated heterocycles. The monoisotopic (exact) mass is 607 g/mol. The lowest BCUT2D eigenvalue weighted by molar-refractivity contribution is -0.172. The molecule has 12 heteroatoms. The van der Waals surface area contributed by atoms with Gasteiger partial charge < -0.3 is 42.8 Å². The lowest BCUT2D eigenvalue weighted by atomic mass is 9.84. The van der Waals surface area contributed by atoms with Crippen molar-refractivity contribution in [1.29, 1.82) is 0 Å². The summed E-state index contributed by atoms with van der Waals surface area (Å²) in [6.45, 7) is 2.80. The van der Waals surface area contributed by atoms with Gasteiger partial charge in [0.15, 0.2) is 11.7 Å².